The highest BCUT2D eigenvalue weighted by atomic mass is 35.5. The second kappa shape index (κ2) is 3.69. The van der Waals surface area contributed by atoms with Crippen molar-refractivity contribution in [1.29, 1.82) is 0 Å². The van der Waals surface area contributed by atoms with Gasteiger partial charge in [-0.05, 0) is 25.8 Å². The van der Waals surface area contributed by atoms with Crippen LogP contribution in [-0.4, -0.2) is 25.5 Å². The Hall–Kier alpha value is -1.17. The number of rotatable bonds is 1. The van der Waals surface area contributed by atoms with Crippen molar-refractivity contribution in [3.8, 4) is 0 Å². The fraction of sp³-hybridized carbons (Fsp3) is 0.538. The van der Waals surface area contributed by atoms with Gasteiger partial charge in [-0.15, -0.1) is 10.2 Å². The number of hydrogen-bond acceptors (Lipinski definition) is 4. The monoisotopic (exact) mass is 279 g/mol. The van der Waals surface area contributed by atoms with Crippen LogP contribution < -0.4 is 0 Å². The van der Waals surface area contributed by atoms with Crippen molar-refractivity contribution in [3.63, 3.8) is 0 Å². The maximum absolute atomic E-state index is 9.95. The molecule has 2 aliphatic rings. The maximum atomic E-state index is 9.95. The highest BCUT2D eigenvalue weighted by molar-refractivity contribution is 6.29. The van der Waals surface area contributed by atoms with Crippen LogP contribution in [0.3, 0.4) is 0 Å². The molecule has 0 spiro atoms. The second-order valence-electron chi connectivity index (χ2n) is 5.75. The molecule has 0 aromatic carbocycles. The molecule has 0 amide bonds. The van der Waals surface area contributed by atoms with Crippen molar-refractivity contribution in [2.24, 2.45) is 0 Å². The molecular weight excluding hydrogens is 266 g/mol. The quantitative estimate of drug-likeness (QED) is 0.869. The van der Waals surface area contributed by atoms with Crippen LogP contribution in [0.2, 0.25) is 5.15 Å². The highest BCUT2D eigenvalue weighted by Gasteiger charge is 2.42. The molecule has 0 radical (unpaired) electrons. The van der Waals surface area contributed by atoms with Gasteiger partial charge in [-0.1, -0.05) is 11.6 Å². The van der Waals surface area contributed by atoms with Gasteiger partial charge in [-0.2, -0.15) is 0 Å². The number of ether oxygens (including phenoxy) is 1. The minimum Gasteiger partial charge on any atom is -0.390 e. The lowest BCUT2D eigenvalue weighted by molar-refractivity contribution is -0.0510. The van der Waals surface area contributed by atoms with Crippen LogP contribution in [0, 0.1) is 0 Å². The van der Waals surface area contributed by atoms with Crippen molar-refractivity contribution in [3.05, 3.63) is 22.5 Å². The summed E-state index contributed by atoms with van der Waals surface area (Å²) in [6, 6.07) is 2.13. The molecule has 0 atom stereocenters. The van der Waals surface area contributed by atoms with Crippen molar-refractivity contribution >= 4 is 22.6 Å². The lowest BCUT2D eigenvalue weighted by Gasteiger charge is -2.42. The van der Waals surface area contributed by atoms with E-state index < -0.39 is 5.60 Å². The Balaban J connectivity index is 1.90. The number of fused-ring (bicyclic) bond motifs is 3. The van der Waals surface area contributed by atoms with Gasteiger partial charge >= 0.3 is 0 Å². The van der Waals surface area contributed by atoms with Crippen molar-refractivity contribution in [2.45, 2.75) is 44.6 Å². The zero-order valence-corrected chi connectivity index (χ0v) is 11.3. The van der Waals surface area contributed by atoms with Crippen LogP contribution in [0.4, 0.5) is 0 Å². The van der Waals surface area contributed by atoms with E-state index in [-0.39, 0.29) is 6.04 Å². The number of hydrogen-bond donors (Lipinski definition) is 1. The van der Waals surface area contributed by atoms with Gasteiger partial charge in [0.15, 0.2) is 10.8 Å². The molecule has 6 heteroatoms. The maximum Gasteiger partial charge on any atom is 0.163 e. The lowest BCUT2D eigenvalue weighted by Crippen LogP contribution is -2.42. The first-order valence-electron chi connectivity index (χ1n) is 6.40. The van der Waals surface area contributed by atoms with Crippen LogP contribution in [0.1, 0.15) is 37.1 Å². The molecule has 1 fully saturated rings. The van der Waals surface area contributed by atoms with Gasteiger partial charge < -0.3 is 14.4 Å². The summed E-state index contributed by atoms with van der Waals surface area (Å²) in [4.78, 5) is 0. The summed E-state index contributed by atoms with van der Waals surface area (Å²) in [5.74, 6) is 0. The predicted molar refractivity (Wildman–Crippen MR) is 69.9 cm³/mol. The SMILES string of the molecule is CC1(O)CC(n2c3c(c4cc(Cl)nnc42)COC3)C1. The number of nitrogens with zero attached hydrogens (tertiary/aromatic N) is 3. The van der Waals surface area contributed by atoms with Crippen LogP contribution in [-0.2, 0) is 18.0 Å². The molecule has 5 nitrogen and oxygen atoms in total. The number of halogens is 1. The van der Waals surface area contributed by atoms with Gasteiger partial charge in [0, 0.05) is 17.0 Å². The lowest BCUT2D eigenvalue weighted by atomic mass is 9.77. The molecular formula is C13H14ClN3O2. The molecule has 19 heavy (non-hydrogen) atoms. The Labute approximate surface area is 115 Å². The predicted octanol–water partition coefficient (Wildman–Crippen LogP) is 2.20. The summed E-state index contributed by atoms with van der Waals surface area (Å²) in [6.45, 7) is 3.07. The average Bonchev–Trinajstić information content (AvgIpc) is 2.86. The zero-order valence-electron chi connectivity index (χ0n) is 10.6. The number of aliphatic hydroxyl groups is 1. The van der Waals surface area contributed by atoms with Gasteiger partial charge in [0.25, 0.3) is 0 Å². The smallest absolute Gasteiger partial charge is 0.163 e. The number of aromatic nitrogens is 3. The zero-order chi connectivity index (χ0) is 13.2. The molecule has 100 valence electrons. The van der Waals surface area contributed by atoms with Gasteiger partial charge in [0.05, 0.1) is 24.5 Å². The second-order valence-corrected chi connectivity index (χ2v) is 6.14. The molecule has 0 saturated heterocycles. The fourth-order valence-corrected chi connectivity index (χ4v) is 3.44. The Bertz CT molecular complexity index is 672. The van der Waals surface area contributed by atoms with Gasteiger partial charge in [-0.25, -0.2) is 0 Å². The van der Waals surface area contributed by atoms with E-state index in [4.69, 9.17) is 16.3 Å². The minimum absolute atomic E-state index is 0.276. The molecule has 2 aromatic rings. The van der Waals surface area contributed by atoms with Crippen molar-refractivity contribution in [2.75, 3.05) is 0 Å². The molecule has 3 heterocycles. The van der Waals surface area contributed by atoms with E-state index in [0.717, 1.165) is 29.6 Å². The topological polar surface area (TPSA) is 60.2 Å². The summed E-state index contributed by atoms with van der Waals surface area (Å²) < 4.78 is 7.72. The third-order valence-corrected chi connectivity index (χ3v) is 4.32. The van der Waals surface area contributed by atoms with Gasteiger partial charge in [-0.3, -0.25) is 0 Å². The van der Waals surface area contributed by atoms with Crippen molar-refractivity contribution in [1.82, 2.24) is 14.8 Å². The molecule has 1 aliphatic heterocycles. The molecule has 4 rings (SSSR count). The molecule has 1 N–H and O–H groups in total. The molecule has 0 unspecified atom stereocenters. The van der Waals surface area contributed by atoms with E-state index in [1.54, 1.807) is 0 Å². The Kier molecular flexibility index (Phi) is 2.26. The largest absolute Gasteiger partial charge is 0.390 e. The van der Waals surface area contributed by atoms with Crippen molar-refractivity contribution < 1.29 is 9.84 Å². The summed E-state index contributed by atoms with van der Waals surface area (Å²) in [7, 11) is 0. The van der Waals surface area contributed by atoms with Gasteiger partial charge in [0.2, 0.25) is 0 Å². The Morgan fingerprint density at radius 3 is 2.95 bits per heavy atom. The summed E-state index contributed by atoms with van der Waals surface area (Å²) >= 11 is 5.94. The van der Waals surface area contributed by atoms with Crippen LogP contribution in [0.25, 0.3) is 11.0 Å². The summed E-state index contributed by atoms with van der Waals surface area (Å²) in [5.41, 5.74) is 2.62. The first-order chi connectivity index (χ1) is 9.05. The van der Waals surface area contributed by atoms with Crippen LogP contribution in [0.5, 0.6) is 0 Å². The normalized spacial score (nSPS) is 29.5. The average molecular weight is 280 g/mol. The van der Waals surface area contributed by atoms with E-state index in [0.29, 0.717) is 18.4 Å². The van der Waals surface area contributed by atoms with E-state index in [9.17, 15) is 5.11 Å². The Morgan fingerprint density at radius 2 is 2.21 bits per heavy atom. The van der Waals surface area contributed by atoms with E-state index in [2.05, 4.69) is 14.8 Å². The third kappa shape index (κ3) is 1.62. The van der Waals surface area contributed by atoms with E-state index in [1.807, 2.05) is 13.0 Å². The van der Waals surface area contributed by atoms with Crippen LogP contribution >= 0.6 is 11.6 Å². The van der Waals surface area contributed by atoms with E-state index in [1.165, 1.54) is 5.56 Å². The molecule has 1 saturated carbocycles. The summed E-state index contributed by atoms with van der Waals surface area (Å²) in [6.07, 6.45) is 1.49. The fourth-order valence-electron chi connectivity index (χ4n) is 3.29. The standard InChI is InChI=1S/C13H14ClN3O2/c1-13(18)3-7(4-13)17-10-6-19-5-9(10)8-2-11(14)15-16-12(8)17/h2,7,18H,3-6H2,1H3. The molecule has 0 bridgehead atoms. The first kappa shape index (κ1) is 11.6. The molecule has 2 aromatic heterocycles. The minimum atomic E-state index is -0.562. The Morgan fingerprint density at radius 1 is 1.42 bits per heavy atom. The highest BCUT2D eigenvalue weighted by Crippen LogP contribution is 2.45. The van der Waals surface area contributed by atoms with Crippen LogP contribution in [0.15, 0.2) is 6.07 Å². The third-order valence-electron chi connectivity index (χ3n) is 4.14. The van der Waals surface area contributed by atoms with Gasteiger partial charge in [0.1, 0.15) is 0 Å². The first-order valence-corrected chi connectivity index (χ1v) is 6.78. The van der Waals surface area contributed by atoms with E-state index >= 15 is 0 Å². The summed E-state index contributed by atoms with van der Waals surface area (Å²) in [5, 5.41) is 19.6. The molecule has 1 aliphatic carbocycles.